The second-order valence-corrected chi connectivity index (χ2v) is 4.58. The number of hydrogen-bond acceptors (Lipinski definition) is 4. The number of aliphatic hydroxyl groups is 2. The van der Waals surface area contributed by atoms with Gasteiger partial charge in [0.2, 0.25) is 0 Å². The van der Waals surface area contributed by atoms with E-state index < -0.39 is 18.4 Å². The number of rotatable bonds is 5. The number of ether oxygens (including phenoxy) is 1. The van der Waals surface area contributed by atoms with Crippen LogP contribution in [0.25, 0.3) is 11.1 Å². The zero-order valence-electron chi connectivity index (χ0n) is 11.4. The lowest BCUT2D eigenvalue weighted by molar-refractivity contribution is -0.146. The summed E-state index contributed by atoms with van der Waals surface area (Å²) in [5.41, 5.74) is 1.88. The van der Waals surface area contributed by atoms with E-state index in [1.807, 2.05) is 12.1 Å². The first kappa shape index (κ1) is 15.0. The van der Waals surface area contributed by atoms with Gasteiger partial charge in [-0.2, -0.15) is 0 Å². The third-order valence-electron chi connectivity index (χ3n) is 2.96. The van der Waals surface area contributed by atoms with Crippen LogP contribution in [0.4, 0.5) is 0 Å². The van der Waals surface area contributed by atoms with Gasteiger partial charge in [0.25, 0.3) is 0 Å². The second kappa shape index (κ2) is 6.39. The lowest BCUT2D eigenvalue weighted by Gasteiger charge is -2.14. The highest BCUT2D eigenvalue weighted by molar-refractivity contribution is 5.75. The van der Waals surface area contributed by atoms with Gasteiger partial charge in [0, 0.05) is 5.56 Å². The van der Waals surface area contributed by atoms with Gasteiger partial charge in [-0.15, -0.1) is 0 Å². The maximum absolute atomic E-state index is 10.7. The van der Waals surface area contributed by atoms with Crippen molar-refractivity contribution in [2.75, 3.05) is 0 Å². The van der Waals surface area contributed by atoms with Gasteiger partial charge in [0.05, 0.1) is 0 Å². The molecule has 3 N–H and O–H groups in total. The molecule has 0 aliphatic heterocycles. The van der Waals surface area contributed by atoms with E-state index in [-0.39, 0.29) is 0 Å². The SMILES string of the molecule is CC(O)Oc1ccccc1-c1ccc(C(O)C(=O)O)cc1. The topological polar surface area (TPSA) is 87.0 Å². The predicted molar refractivity (Wildman–Crippen MR) is 76.8 cm³/mol. The maximum atomic E-state index is 10.7. The summed E-state index contributed by atoms with van der Waals surface area (Å²) in [5, 5.41) is 27.6. The molecule has 0 aliphatic rings. The molecular weight excluding hydrogens is 272 g/mol. The zero-order valence-corrected chi connectivity index (χ0v) is 11.4. The summed E-state index contributed by atoms with van der Waals surface area (Å²) >= 11 is 0. The number of carbonyl (C=O) groups is 1. The van der Waals surface area contributed by atoms with E-state index in [4.69, 9.17) is 9.84 Å². The first-order valence-corrected chi connectivity index (χ1v) is 6.44. The van der Waals surface area contributed by atoms with Crippen molar-refractivity contribution < 1.29 is 24.9 Å². The van der Waals surface area contributed by atoms with Gasteiger partial charge in [-0.05, 0) is 24.1 Å². The molecule has 0 amide bonds. The van der Waals surface area contributed by atoms with E-state index in [0.717, 1.165) is 11.1 Å². The molecule has 0 spiro atoms. The Morgan fingerprint density at radius 2 is 1.67 bits per heavy atom. The molecule has 0 radical (unpaired) electrons. The van der Waals surface area contributed by atoms with E-state index in [9.17, 15) is 15.0 Å². The monoisotopic (exact) mass is 288 g/mol. The summed E-state index contributed by atoms with van der Waals surface area (Å²) in [7, 11) is 0. The Hall–Kier alpha value is -2.37. The van der Waals surface area contributed by atoms with Crippen LogP contribution >= 0.6 is 0 Å². The van der Waals surface area contributed by atoms with Crippen LogP contribution in [-0.4, -0.2) is 27.6 Å². The molecule has 0 saturated carbocycles. The van der Waals surface area contributed by atoms with Crippen molar-refractivity contribution >= 4 is 5.97 Å². The fraction of sp³-hybridized carbons (Fsp3) is 0.188. The molecule has 0 bridgehead atoms. The van der Waals surface area contributed by atoms with Crippen molar-refractivity contribution in [2.24, 2.45) is 0 Å². The van der Waals surface area contributed by atoms with Crippen molar-refractivity contribution in [3.63, 3.8) is 0 Å². The number of para-hydroxylation sites is 1. The standard InChI is InChI=1S/C16H16O5/c1-10(17)21-14-5-3-2-4-13(14)11-6-8-12(9-7-11)15(18)16(19)20/h2-10,15,17-18H,1H3,(H,19,20). The van der Waals surface area contributed by atoms with E-state index in [0.29, 0.717) is 11.3 Å². The number of hydrogen-bond donors (Lipinski definition) is 3. The van der Waals surface area contributed by atoms with Crippen molar-refractivity contribution in [2.45, 2.75) is 19.3 Å². The van der Waals surface area contributed by atoms with Gasteiger partial charge in [0.15, 0.2) is 12.4 Å². The molecule has 0 saturated heterocycles. The molecule has 110 valence electrons. The predicted octanol–water partition coefficient (Wildman–Crippen LogP) is 2.19. The highest BCUT2D eigenvalue weighted by Gasteiger charge is 2.16. The Morgan fingerprint density at radius 1 is 1.05 bits per heavy atom. The number of carboxylic acid groups (broad SMARTS) is 1. The Balaban J connectivity index is 2.33. The molecule has 21 heavy (non-hydrogen) atoms. The third-order valence-corrected chi connectivity index (χ3v) is 2.96. The van der Waals surface area contributed by atoms with Crippen LogP contribution in [0.1, 0.15) is 18.6 Å². The van der Waals surface area contributed by atoms with Crippen molar-refractivity contribution in [3.05, 3.63) is 54.1 Å². The van der Waals surface area contributed by atoms with Crippen molar-refractivity contribution in [1.82, 2.24) is 0 Å². The molecular formula is C16H16O5. The molecule has 2 rings (SSSR count). The Morgan fingerprint density at radius 3 is 2.24 bits per heavy atom. The Bertz CT molecular complexity index is 619. The molecule has 5 heteroatoms. The fourth-order valence-electron chi connectivity index (χ4n) is 1.98. The van der Waals surface area contributed by atoms with Crippen LogP contribution in [0.15, 0.2) is 48.5 Å². The lowest BCUT2D eigenvalue weighted by Crippen LogP contribution is -2.10. The summed E-state index contributed by atoms with van der Waals surface area (Å²) < 4.78 is 5.33. The Labute approximate surface area is 122 Å². The van der Waals surface area contributed by atoms with Crippen molar-refractivity contribution in [1.29, 1.82) is 0 Å². The molecule has 0 fully saturated rings. The van der Waals surface area contributed by atoms with Gasteiger partial charge in [-0.3, -0.25) is 0 Å². The van der Waals surface area contributed by atoms with Gasteiger partial charge in [-0.25, -0.2) is 4.79 Å². The molecule has 5 nitrogen and oxygen atoms in total. The van der Waals surface area contributed by atoms with Gasteiger partial charge >= 0.3 is 5.97 Å². The first-order valence-electron chi connectivity index (χ1n) is 6.44. The summed E-state index contributed by atoms with van der Waals surface area (Å²) in [5.74, 6) is -0.764. The van der Waals surface area contributed by atoms with E-state index in [1.54, 1.807) is 36.4 Å². The van der Waals surface area contributed by atoms with Crippen molar-refractivity contribution in [3.8, 4) is 16.9 Å². The summed E-state index contributed by atoms with van der Waals surface area (Å²) in [4.78, 5) is 10.7. The minimum atomic E-state index is -1.54. The van der Waals surface area contributed by atoms with E-state index >= 15 is 0 Å². The van der Waals surface area contributed by atoms with Crippen LogP contribution in [0.3, 0.4) is 0 Å². The van der Waals surface area contributed by atoms with Gasteiger partial charge in [-0.1, -0.05) is 42.5 Å². The summed E-state index contributed by atoms with van der Waals surface area (Å²) in [6, 6.07) is 13.7. The quantitative estimate of drug-likeness (QED) is 0.734. The number of carboxylic acids is 1. The minimum Gasteiger partial charge on any atom is -0.479 e. The van der Waals surface area contributed by atoms with Crippen LogP contribution in [-0.2, 0) is 4.79 Å². The summed E-state index contributed by atoms with van der Waals surface area (Å²) in [6.45, 7) is 1.52. The number of aliphatic carboxylic acids is 1. The smallest absolute Gasteiger partial charge is 0.337 e. The van der Waals surface area contributed by atoms with E-state index in [2.05, 4.69) is 0 Å². The van der Waals surface area contributed by atoms with Crippen LogP contribution in [0.2, 0.25) is 0 Å². The number of benzene rings is 2. The first-order chi connectivity index (χ1) is 9.99. The van der Waals surface area contributed by atoms with Gasteiger partial charge in [0.1, 0.15) is 5.75 Å². The number of aliphatic hydroxyl groups excluding tert-OH is 2. The Kier molecular flexibility index (Phi) is 4.57. The highest BCUT2D eigenvalue weighted by atomic mass is 16.6. The molecule has 2 aromatic rings. The fourth-order valence-corrected chi connectivity index (χ4v) is 1.98. The van der Waals surface area contributed by atoms with Crippen LogP contribution in [0.5, 0.6) is 5.75 Å². The van der Waals surface area contributed by atoms with Crippen LogP contribution < -0.4 is 4.74 Å². The maximum Gasteiger partial charge on any atom is 0.337 e. The average Bonchev–Trinajstić information content (AvgIpc) is 2.46. The molecule has 0 aliphatic carbocycles. The largest absolute Gasteiger partial charge is 0.479 e. The zero-order chi connectivity index (χ0) is 15.4. The molecule has 0 aromatic heterocycles. The van der Waals surface area contributed by atoms with E-state index in [1.165, 1.54) is 6.92 Å². The summed E-state index contributed by atoms with van der Waals surface area (Å²) in [6.07, 6.45) is -2.47. The van der Waals surface area contributed by atoms with Crippen LogP contribution in [0, 0.1) is 0 Å². The molecule has 2 unspecified atom stereocenters. The molecule has 2 atom stereocenters. The van der Waals surface area contributed by atoms with Gasteiger partial charge < -0.3 is 20.1 Å². The molecule has 0 heterocycles. The highest BCUT2D eigenvalue weighted by Crippen LogP contribution is 2.31. The average molecular weight is 288 g/mol. The minimum absolute atomic E-state index is 0.306. The second-order valence-electron chi connectivity index (χ2n) is 4.58. The molecule has 2 aromatic carbocycles. The normalized spacial score (nSPS) is 13.5. The lowest BCUT2D eigenvalue weighted by atomic mass is 10.0. The third kappa shape index (κ3) is 3.59.